The molecule has 0 atom stereocenters. The molecule has 1 amide bonds. The van der Waals surface area contributed by atoms with Gasteiger partial charge in [0.05, 0.1) is 13.7 Å². The summed E-state index contributed by atoms with van der Waals surface area (Å²) in [5.74, 6) is 2.41. The SMILES string of the molecule is COc1ccc(NCC(=O)NC(C2CC2)C2CC2)cc1. The largest absolute Gasteiger partial charge is 0.497 e. The van der Waals surface area contributed by atoms with E-state index in [-0.39, 0.29) is 5.91 Å². The van der Waals surface area contributed by atoms with Crippen LogP contribution in [0.2, 0.25) is 0 Å². The zero-order chi connectivity index (χ0) is 13.9. The van der Waals surface area contributed by atoms with E-state index in [2.05, 4.69) is 10.6 Å². The van der Waals surface area contributed by atoms with Gasteiger partial charge in [-0.15, -0.1) is 0 Å². The number of carbonyl (C=O) groups is 1. The maximum atomic E-state index is 12.0. The molecule has 0 spiro atoms. The molecule has 108 valence electrons. The summed E-state index contributed by atoms with van der Waals surface area (Å²) in [4.78, 5) is 12.0. The van der Waals surface area contributed by atoms with Crippen molar-refractivity contribution >= 4 is 11.6 Å². The van der Waals surface area contributed by atoms with Crippen LogP contribution in [0.3, 0.4) is 0 Å². The molecular weight excluding hydrogens is 252 g/mol. The Kier molecular flexibility index (Phi) is 3.81. The van der Waals surface area contributed by atoms with Crippen LogP contribution in [-0.2, 0) is 4.79 Å². The van der Waals surface area contributed by atoms with Crippen LogP contribution in [0.5, 0.6) is 5.75 Å². The van der Waals surface area contributed by atoms with Crippen molar-refractivity contribution in [1.82, 2.24) is 5.32 Å². The molecule has 2 N–H and O–H groups in total. The molecule has 0 aliphatic heterocycles. The van der Waals surface area contributed by atoms with Crippen molar-refractivity contribution in [3.63, 3.8) is 0 Å². The van der Waals surface area contributed by atoms with E-state index >= 15 is 0 Å². The molecular formula is C16H22N2O2. The number of ether oxygens (including phenoxy) is 1. The van der Waals surface area contributed by atoms with Gasteiger partial charge in [-0.3, -0.25) is 4.79 Å². The van der Waals surface area contributed by atoms with E-state index in [0.29, 0.717) is 12.6 Å². The van der Waals surface area contributed by atoms with E-state index in [1.165, 1.54) is 25.7 Å². The van der Waals surface area contributed by atoms with Crippen molar-refractivity contribution in [3.8, 4) is 5.75 Å². The Labute approximate surface area is 119 Å². The number of amides is 1. The number of anilines is 1. The first-order valence-corrected chi connectivity index (χ1v) is 7.43. The molecule has 1 aromatic rings. The van der Waals surface area contributed by atoms with Crippen LogP contribution in [0.15, 0.2) is 24.3 Å². The number of rotatable bonds is 7. The fourth-order valence-electron chi connectivity index (χ4n) is 2.66. The molecule has 20 heavy (non-hydrogen) atoms. The molecule has 0 aromatic heterocycles. The van der Waals surface area contributed by atoms with E-state index in [4.69, 9.17) is 4.74 Å². The Balaban J connectivity index is 1.45. The normalized spacial score (nSPS) is 17.9. The van der Waals surface area contributed by atoms with Crippen LogP contribution >= 0.6 is 0 Å². The summed E-state index contributed by atoms with van der Waals surface area (Å²) >= 11 is 0. The summed E-state index contributed by atoms with van der Waals surface area (Å²) < 4.78 is 5.11. The van der Waals surface area contributed by atoms with Gasteiger partial charge in [-0.2, -0.15) is 0 Å². The average molecular weight is 274 g/mol. The first kappa shape index (κ1) is 13.3. The fourth-order valence-corrected chi connectivity index (χ4v) is 2.66. The number of benzene rings is 1. The predicted octanol–water partition coefficient (Wildman–Crippen LogP) is 2.41. The Morgan fingerprint density at radius 2 is 1.80 bits per heavy atom. The van der Waals surface area contributed by atoms with Crippen LogP contribution in [0.25, 0.3) is 0 Å². The lowest BCUT2D eigenvalue weighted by molar-refractivity contribution is -0.120. The third-order valence-electron chi connectivity index (χ3n) is 4.13. The third kappa shape index (κ3) is 3.44. The molecule has 4 nitrogen and oxygen atoms in total. The maximum absolute atomic E-state index is 12.0. The first-order valence-electron chi connectivity index (χ1n) is 7.43. The summed E-state index contributed by atoms with van der Waals surface area (Å²) in [7, 11) is 1.64. The number of nitrogens with one attached hydrogen (secondary N) is 2. The van der Waals surface area contributed by atoms with E-state index in [9.17, 15) is 4.79 Å². The number of hydrogen-bond acceptors (Lipinski definition) is 3. The van der Waals surface area contributed by atoms with E-state index in [1.54, 1.807) is 7.11 Å². The van der Waals surface area contributed by atoms with Gasteiger partial charge in [0.2, 0.25) is 5.91 Å². The number of carbonyl (C=O) groups excluding carboxylic acids is 1. The van der Waals surface area contributed by atoms with E-state index < -0.39 is 0 Å². The molecule has 0 radical (unpaired) electrons. The zero-order valence-electron chi connectivity index (χ0n) is 11.9. The summed E-state index contributed by atoms with van der Waals surface area (Å²) in [5, 5.41) is 6.36. The minimum Gasteiger partial charge on any atom is -0.497 e. The van der Waals surface area contributed by atoms with Crippen molar-refractivity contribution in [3.05, 3.63) is 24.3 Å². The fraction of sp³-hybridized carbons (Fsp3) is 0.562. The van der Waals surface area contributed by atoms with Gasteiger partial charge in [0, 0.05) is 11.7 Å². The van der Waals surface area contributed by atoms with Crippen LogP contribution < -0.4 is 15.4 Å². The molecule has 0 heterocycles. The van der Waals surface area contributed by atoms with E-state index in [0.717, 1.165) is 23.3 Å². The average Bonchev–Trinajstić information content (AvgIpc) is 3.36. The second-order valence-electron chi connectivity index (χ2n) is 5.85. The minimum atomic E-state index is 0.101. The second-order valence-corrected chi connectivity index (χ2v) is 5.85. The molecule has 0 saturated heterocycles. The second kappa shape index (κ2) is 5.73. The number of methoxy groups -OCH3 is 1. The van der Waals surface area contributed by atoms with Crippen LogP contribution in [0.4, 0.5) is 5.69 Å². The molecule has 2 aliphatic carbocycles. The van der Waals surface area contributed by atoms with Gasteiger partial charge >= 0.3 is 0 Å². The molecule has 1 aromatic carbocycles. The highest BCUT2D eigenvalue weighted by atomic mass is 16.5. The highest BCUT2D eigenvalue weighted by molar-refractivity contribution is 5.81. The van der Waals surface area contributed by atoms with Gasteiger partial charge in [-0.1, -0.05) is 0 Å². The van der Waals surface area contributed by atoms with Gasteiger partial charge in [-0.05, 0) is 61.8 Å². The van der Waals surface area contributed by atoms with Crippen LogP contribution in [-0.4, -0.2) is 25.6 Å². The summed E-state index contributed by atoms with van der Waals surface area (Å²) in [5.41, 5.74) is 0.940. The summed E-state index contributed by atoms with van der Waals surface area (Å²) in [6.45, 7) is 0.336. The molecule has 4 heteroatoms. The van der Waals surface area contributed by atoms with E-state index in [1.807, 2.05) is 24.3 Å². The maximum Gasteiger partial charge on any atom is 0.239 e. The monoisotopic (exact) mass is 274 g/mol. The third-order valence-corrected chi connectivity index (χ3v) is 4.13. The van der Waals surface area contributed by atoms with Crippen molar-refractivity contribution in [1.29, 1.82) is 0 Å². The molecule has 2 fully saturated rings. The quantitative estimate of drug-likeness (QED) is 0.803. The van der Waals surface area contributed by atoms with Crippen molar-refractivity contribution in [2.75, 3.05) is 19.0 Å². The first-order chi connectivity index (χ1) is 9.76. The lowest BCUT2D eigenvalue weighted by atomic mass is 10.1. The Morgan fingerprint density at radius 3 is 2.30 bits per heavy atom. The minimum absolute atomic E-state index is 0.101. The van der Waals surface area contributed by atoms with Crippen molar-refractivity contribution in [2.24, 2.45) is 11.8 Å². The topological polar surface area (TPSA) is 50.4 Å². The smallest absolute Gasteiger partial charge is 0.239 e. The summed E-state index contributed by atoms with van der Waals surface area (Å²) in [6, 6.07) is 8.05. The lowest BCUT2D eigenvalue weighted by Crippen LogP contribution is -2.41. The highest BCUT2D eigenvalue weighted by Crippen LogP contribution is 2.44. The number of hydrogen-bond donors (Lipinski definition) is 2. The van der Waals surface area contributed by atoms with Crippen LogP contribution in [0.1, 0.15) is 25.7 Å². The molecule has 2 aliphatic rings. The van der Waals surface area contributed by atoms with Crippen LogP contribution in [0, 0.1) is 11.8 Å². The standard InChI is InChI=1S/C16H22N2O2/c1-20-14-8-6-13(7-9-14)17-10-15(19)18-16(11-2-3-11)12-4-5-12/h6-9,11-12,16-17H,2-5,10H2,1H3,(H,18,19). The van der Waals surface area contributed by atoms with Crippen molar-refractivity contribution < 1.29 is 9.53 Å². The molecule has 2 saturated carbocycles. The Bertz CT molecular complexity index is 452. The molecule has 0 unspecified atom stereocenters. The van der Waals surface area contributed by atoms with Gasteiger partial charge in [0.25, 0.3) is 0 Å². The molecule has 0 bridgehead atoms. The zero-order valence-corrected chi connectivity index (χ0v) is 11.9. The Hall–Kier alpha value is -1.71. The van der Waals surface area contributed by atoms with Gasteiger partial charge < -0.3 is 15.4 Å². The highest BCUT2D eigenvalue weighted by Gasteiger charge is 2.42. The van der Waals surface area contributed by atoms with Crippen molar-refractivity contribution in [2.45, 2.75) is 31.7 Å². The lowest BCUT2D eigenvalue weighted by Gasteiger charge is -2.18. The Morgan fingerprint density at radius 1 is 1.20 bits per heavy atom. The van der Waals surface area contributed by atoms with Gasteiger partial charge in [0.1, 0.15) is 5.75 Å². The summed E-state index contributed by atoms with van der Waals surface area (Å²) in [6.07, 6.45) is 5.14. The molecule has 3 rings (SSSR count). The predicted molar refractivity (Wildman–Crippen MR) is 78.9 cm³/mol. The van der Waals surface area contributed by atoms with Gasteiger partial charge in [0.15, 0.2) is 0 Å². The van der Waals surface area contributed by atoms with Gasteiger partial charge in [-0.25, -0.2) is 0 Å².